The number of nitrogens with zero attached hydrogens (tertiary/aromatic N) is 3. The summed E-state index contributed by atoms with van der Waals surface area (Å²) in [5.41, 5.74) is 0.134. The monoisotopic (exact) mass is 469 g/mol. The van der Waals surface area contributed by atoms with Gasteiger partial charge in [-0.1, -0.05) is 16.8 Å². The van der Waals surface area contributed by atoms with Crippen molar-refractivity contribution in [3.8, 4) is 5.75 Å². The van der Waals surface area contributed by atoms with Crippen molar-refractivity contribution in [1.82, 2.24) is 5.16 Å². The fraction of sp³-hybridized carbons (Fsp3) is 0.136. The van der Waals surface area contributed by atoms with Gasteiger partial charge >= 0.3 is 5.91 Å². The van der Waals surface area contributed by atoms with Crippen molar-refractivity contribution in [1.29, 1.82) is 0 Å². The van der Waals surface area contributed by atoms with Crippen molar-refractivity contribution < 1.29 is 28.9 Å². The van der Waals surface area contributed by atoms with E-state index in [9.17, 15) is 24.8 Å². The summed E-state index contributed by atoms with van der Waals surface area (Å²) < 4.78 is 10.2. The molecule has 1 saturated heterocycles. The molecule has 1 fully saturated rings. The van der Waals surface area contributed by atoms with Gasteiger partial charge in [-0.25, -0.2) is 0 Å². The average molecular weight is 470 g/mol. The number of ether oxygens (including phenoxy) is 1. The molecule has 1 aromatic heterocycles. The topological polar surface area (TPSA) is 136 Å². The summed E-state index contributed by atoms with van der Waals surface area (Å²) in [6, 6.07) is 10.0. The number of carbonyl (C=O) groups excluding carboxylic acids is 2. The Kier molecular flexibility index (Phi) is 5.60. The summed E-state index contributed by atoms with van der Waals surface area (Å²) in [5, 5.41) is 26.2. The molecule has 0 radical (unpaired) electrons. The van der Waals surface area contributed by atoms with Crippen LogP contribution in [-0.2, 0) is 9.59 Å². The van der Waals surface area contributed by atoms with Gasteiger partial charge in [0, 0.05) is 23.8 Å². The summed E-state index contributed by atoms with van der Waals surface area (Å²) in [5.74, 6) is -1.54. The number of hydrogen-bond donors (Lipinski definition) is 1. The van der Waals surface area contributed by atoms with Crippen LogP contribution in [0.25, 0.3) is 5.76 Å². The second-order valence-corrected chi connectivity index (χ2v) is 7.57. The summed E-state index contributed by atoms with van der Waals surface area (Å²) in [6.45, 7) is 1.62. The number of ketones is 1. The van der Waals surface area contributed by atoms with E-state index in [0.29, 0.717) is 17.1 Å². The summed E-state index contributed by atoms with van der Waals surface area (Å²) in [6.07, 6.45) is 0. The van der Waals surface area contributed by atoms with Crippen molar-refractivity contribution in [2.75, 3.05) is 12.0 Å². The Morgan fingerprint density at radius 3 is 2.45 bits per heavy atom. The first-order chi connectivity index (χ1) is 15.7. The van der Waals surface area contributed by atoms with E-state index in [0.717, 1.165) is 4.90 Å². The first-order valence-electron chi connectivity index (χ1n) is 9.55. The van der Waals surface area contributed by atoms with E-state index in [2.05, 4.69) is 5.16 Å². The number of benzene rings is 2. The standard InChI is InChI=1S/C22H16ClN3O7/c1-11-9-17(24-33-11)25-19(12-3-6-14(7-4-12)26(30)31)18(21(28)22(25)29)20(27)13-5-8-16(32-2)15(23)10-13/h3-10,19,27H,1-2H3. The highest BCUT2D eigenvalue weighted by molar-refractivity contribution is 6.51. The highest BCUT2D eigenvalue weighted by Crippen LogP contribution is 2.42. The van der Waals surface area contributed by atoms with Crippen molar-refractivity contribution in [2.24, 2.45) is 0 Å². The van der Waals surface area contributed by atoms with Crippen LogP contribution in [0, 0.1) is 17.0 Å². The van der Waals surface area contributed by atoms with Crippen LogP contribution in [0.5, 0.6) is 5.75 Å². The van der Waals surface area contributed by atoms with Gasteiger partial charge in [-0.05, 0) is 42.8 Å². The maximum Gasteiger partial charge on any atom is 0.301 e. The number of anilines is 1. The highest BCUT2D eigenvalue weighted by atomic mass is 35.5. The predicted octanol–water partition coefficient (Wildman–Crippen LogP) is 4.18. The maximum atomic E-state index is 13.0. The van der Waals surface area contributed by atoms with Crippen molar-refractivity contribution in [3.63, 3.8) is 0 Å². The van der Waals surface area contributed by atoms with Crippen LogP contribution in [0.4, 0.5) is 11.5 Å². The van der Waals surface area contributed by atoms with E-state index in [4.69, 9.17) is 20.9 Å². The molecule has 2 heterocycles. The number of carbonyl (C=O) groups is 2. The molecule has 0 saturated carbocycles. The molecule has 0 aliphatic carbocycles. The number of hydrogen-bond acceptors (Lipinski definition) is 8. The molecular weight excluding hydrogens is 454 g/mol. The lowest BCUT2D eigenvalue weighted by atomic mass is 9.95. The zero-order chi connectivity index (χ0) is 23.9. The maximum absolute atomic E-state index is 13.0. The Morgan fingerprint density at radius 2 is 1.91 bits per heavy atom. The predicted molar refractivity (Wildman–Crippen MR) is 117 cm³/mol. The molecule has 1 N–H and O–H groups in total. The molecule has 2 aromatic carbocycles. The van der Waals surface area contributed by atoms with Crippen LogP contribution < -0.4 is 9.64 Å². The van der Waals surface area contributed by atoms with Crippen molar-refractivity contribution in [3.05, 3.63) is 86.1 Å². The van der Waals surface area contributed by atoms with Gasteiger partial charge in [0.05, 0.1) is 28.7 Å². The minimum atomic E-state index is -1.11. The molecule has 33 heavy (non-hydrogen) atoms. The number of non-ortho nitro benzene ring substituents is 1. The van der Waals surface area contributed by atoms with Gasteiger partial charge in [-0.2, -0.15) is 0 Å². The number of rotatable bonds is 5. The fourth-order valence-electron chi connectivity index (χ4n) is 3.60. The molecule has 11 heteroatoms. The zero-order valence-electron chi connectivity index (χ0n) is 17.3. The molecule has 1 amide bonds. The lowest BCUT2D eigenvalue weighted by molar-refractivity contribution is -0.384. The summed E-state index contributed by atoms with van der Waals surface area (Å²) in [4.78, 5) is 37.6. The Labute approximate surface area is 191 Å². The molecule has 10 nitrogen and oxygen atoms in total. The van der Waals surface area contributed by atoms with E-state index in [1.807, 2.05) is 0 Å². The van der Waals surface area contributed by atoms with E-state index in [-0.39, 0.29) is 27.7 Å². The van der Waals surface area contributed by atoms with Gasteiger partial charge in [0.15, 0.2) is 5.82 Å². The number of aryl methyl sites for hydroxylation is 1. The normalized spacial score (nSPS) is 17.4. The van der Waals surface area contributed by atoms with E-state index in [1.54, 1.807) is 6.92 Å². The Morgan fingerprint density at radius 1 is 1.21 bits per heavy atom. The van der Waals surface area contributed by atoms with Crippen LogP contribution >= 0.6 is 11.6 Å². The number of methoxy groups -OCH3 is 1. The first kappa shape index (κ1) is 22.0. The summed E-state index contributed by atoms with van der Waals surface area (Å²) >= 11 is 6.17. The lowest BCUT2D eigenvalue weighted by Gasteiger charge is -2.22. The molecule has 1 aliphatic rings. The second-order valence-electron chi connectivity index (χ2n) is 7.16. The van der Waals surface area contributed by atoms with Crippen LogP contribution in [0.3, 0.4) is 0 Å². The Balaban J connectivity index is 1.92. The number of nitro benzene ring substituents is 1. The van der Waals surface area contributed by atoms with Gasteiger partial charge in [-0.15, -0.1) is 0 Å². The molecule has 168 valence electrons. The second kappa shape index (κ2) is 8.40. The zero-order valence-corrected chi connectivity index (χ0v) is 18.1. The van der Waals surface area contributed by atoms with Gasteiger partial charge in [-0.3, -0.25) is 24.6 Å². The minimum Gasteiger partial charge on any atom is -0.507 e. The largest absolute Gasteiger partial charge is 0.507 e. The molecule has 1 aliphatic heterocycles. The van der Waals surface area contributed by atoms with Crippen molar-refractivity contribution in [2.45, 2.75) is 13.0 Å². The van der Waals surface area contributed by atoms with Gasteiger partial charge in [0.2, 0.25) is 0 Å². The lowest BCUT2D eigenvalue weighted by Crippen LogP contribution is -2.29. The molecule has 0 bridgehead atoms. The van der Waals surface area contributed by atoms with Crippen LogP contribution in [0.2, 0.25) is 5.02 Å². The number of aliphatic hydroxyl groups excluding tert-OH is 1. The summed E-state index contributed by atoms with van der Waals surface area (Å²) in [7, 11) is 1.43. The highest BCUT2D eigenvalue weighted by Gasteiger charge is 2.48. The number of halogens is 1. The van der Waals surface area contributed by atoms with Crippen LogP contribution in [0.1, 0.15) is 22.9 Å². The molecule has 3 aromatic rings. The van der Waals surface area contributed by atoms with Gasteiger partial charge in [0.1, 0.15) is 17.3 Å². The third-order valence-corrected chi connectivity index (χ3v) is 5.45. The number of aliphatic hydroxyl groups is 1. The van der Waals surface area contributed by atoms with Crippen LogP contribution in [-0.4, -0.2) is 34.0 Å². The molecule has 0 spiro atoms. The van der Waals surface area contributed by atoms with E-state index < -0.39 is 28.4 Å². The van der Waals surface area contributed by atoms with Gasteiger partial charge in [0.25, 0.3) is 11.5 Å². The molecule has 1 atom stereocenters. The Bertz CT molecular complexity index is 1310. The first-order valence-corrected chi connectivity index (χ1v) is 9.93. The third kappa shape index (κ3) is 3.80. The molecule has 1 unspecified atom stereocenters. The quantitative estimate of drug-likeness (QED) is 0.193. The molecule has 4 rings (SSSR count). The SMILES string of the molecule is COc1ccc(C(O)=C2C(=O)C(=O)N(c3cc(C)on3)C2c2ccc([N+](=O)[O-])cc2)cc1Cl. The molecular formula is C22H16ClN3O7. The Hall–Kier alpha value is -4.18. The van der Waals surface area contributed by atoms with E-state index >= 15 is 0 Å². The average Bonchev–Trinajstić information content (AvgIpc) is 3.34. The van der Waals surface area contributed by atoms with E-state index in [1.165, 1.54) is 55.6 Å². The van der Waals surface area contributed by atoms with Crippen LogP contribution in [0.15, 0.2) is 58.6 Å². The van der Waals surface area contributed by atoms with Gasteiger partial charge < -0.3 is 14.4 Å². The third-order valence-electron chi connectivity index (χ3n) is 5.15. The smallest absolute Gasteiger partial charge is 0.301 e. The number of Topliss-reactive ketones (excluding diaryl/α,β-unsaturated/α-hetero) is 1. The fourth-order valence-corrected chi connectivity index (χ4v) is 3.86. The number of nitro groups is 1. The number of amides is 1. The van der Waals surface area contributed by atoms with Crippen molar-refractivity contribution >= 4 is 40.6 Å². The number of aromatic nitrogens is 1. The minimum absolute atomic E-state index is 0.0600.